The fraction of sp³-hybridized carbons (Fsp3) is 0.612. The van der Waals surface area contributed by atoms with Crippen molar-refractivity contribution in [2.45, 2.75) is 138 Å². The molecule has 70 heavy (non-hydrogen) atoms. The summed E-state index contributed by atoms with van der Waals surface area (Å²) in [4.78, 5) is 20.9. The number of oxazole rings is 1. The van der Waals surface area contributed by atoms with E-state index in [2.05, 4.69) is 94.3 Å². The minimum atomic E-state index is -3.55. The molecule has 4 rings (SSSR count). The Morgan fingerprint density at radius 3 is 1.50 bits per heavy atom. The van der Waals surface area contributed by atoms with Gasteiger partial charge in [-0.25, -0.2) is 27.5 Å². The number of hydrogen-bond donors (Lipinski definition) is 2. The standard InChI is InChI=1S/C16H27N2O3P.C9H18ClN2OP.C8H13O4P.C7H10O2.C5H8O.C4H5NO/c1-14(2)18(15(3)4)22(21-12-9-17-5)20-10-6-7-16-8-11-19-13-16;1-8(2)12(9(3)4)14(10)13-7-6-11-5;1-13(9,10)12-5-2-3-8-4-6-11-7-8;8-4-1-2-7-3-5-9-6-7;1-2-3-4-5-6;1-4-2-6-3-5-4/h8,11,13-15H,6-7,9-10,12H2,1-4H3;8-9H,6-7H2,1-4H3;4,6-7H,2-3,5H2,1H3,(H,9,10);3,5-6,8H,1-2,4H2;1,6H,3-5H2;2-3H,1H3/p-1. The molecule has 3 unspecified atom stereocenters. The maximum atomic E-state index is 10.6. The van der Waals surface area contributed by atoms with Crippen molar-refractivity contribution in [2.24, 2.45) is 0 Å². The molecular formula is C49H80ClN5O12P3-. The van der Waals surface area contributed by atoms with Crippen LogP contribution in [0.25, 0.3) is 9.69 Å². The molecule has 0 bridgehead atoms. The fourth-order valence-corrected chi connectivity index (χ4v) is 9.89. The largest absolute Gasteiger partial charge is 0.779 e. The van der Waals surface area contributed by atoms with Crippen molar-refractivity contribution >= 4 is 35.0 Å². The molecule has 0 amide bonds. The molecule has 0 spiro atoms. The van der Waals surface area contributed by atoms with Crippen molar-refractivity contribution in [1.29, 1.82) is 0 Å². The summed E-state index contributed by atoms with van der Waals surface area (Å²) in [5.74, 6) is 2.41. The van der Waals surface area contributed by atoms with Crippen LogP contribution in [-0.4, -0.2) is 108 Å². The van der Waals surface area contributed by atoms with Gasteiger partial charge in [-0.1, -0.05) is 0 Å². The van der Waals surface area contributed by atoms with E-state index in [-0.39, 0.29) is 19.8 Å². The minimum absolute atomic E-state index is 0.212. The number of nitrogens with zero attached hydrogens (tertiary/aromatic N) is 5. The monoisotopic (exact) mass is 1060 g/mol. The van der Waals surface area contributed by atoms with E-state index in [9.17, 15) is 9.46 Å². The molecule has 0 saturated carbocycles. The molecule has 2 N–H and O–H groups in total. The number of unbranched alkanes of at least 4 members (excludes halogenated alkanes) is 1. The second kappa shape index (κ2) is 45.5. The van der Waals surface area contributed by atoms with Gasteiger partial charge in [0.1, 0.15) is 27.1 Å². The summed E-state index contributed by atoms with van der Waals surface area (Å²) in [5.41, 5.74) is 4.32. The number of aryl methyl sites for hydroxylation is 4. The van der Waals surface area contributed by atoms with Crippen LogP contribution in [0.4, 0.5) is 0 Å². The molecule has 0 fully saturated rings. The second-order valence-electron chi connectivity index (χ2n) is 16.1. The lowest BCUT2D eigenvalue weighted by molar-refractivity contribution is -0.196. The number of aliphatic hydroxyl groups excluding tert-OH is 2. The van der Waals surface area contributed by atoms with E-state index in [0.717, 1.165) is 62.0 Å². The molecule has 17 nitrogen and oxygen atoms in total. The van der Waals surface area contributed by atoms with Crippen LogP contribution < -0.4 is 4.89 Å². The van der Waals surface area contributed by atoms with Gasteiger partial charge in [0.2, 0.25) is 20.7 Å². The summed E-state index contributed by atoms with van der Waals surface area (Å²) in [6.07, 6.45) is 24.4. The lowest BCUT2D eigenvalue weighted by Crippen LogP contribution is -2.33. The number of aliphatic hydroxyl groups is 2. The lowest BCUT2D eigenvalue weighted by Gasteiger charge is -2.35. The third-order valence-corrected chi connectivity index (χ3v) is 13.7. The molecule has 0 aliphatic carbocycles. The maximum Gasteiger partial charge on any atom is 0.259 e. The quantitative estimate of drug-likeness (QED) is 0.0247. The third kappa shape index (κ3) is 40.2. The average Bonchev–Trinajstić information content (AvgIpc) is 4.17. The second-order valence-corrected chi connectivity index (χ2v) is 21.4. The number of rotatable bonds is 27. The zero-order chi connectivity index (χ0) is 53.0. The molecule has 21 heteroatoms. The predicted molar refractivity (Wildman–Crippen MR) is 279 cm³/mol. The van der Waals surface area contributed by atoms with E-state index in [1.807, 2.05) is 25.1 Å². The summed E-state index contributed by atoms with van der Waals surface area (Å²) < 4.78 is 56.2. The first-order chi connectivity index (χ1) is 33.4. The highest BCUT2D eigenvalue weighted by atomic mass is 35.7. The summed E-state index contributed by atoms with van der Waals surface area (Å²) in [7, 11) is -5.74. The highest BCUT2D eigenvalue weighted by molar-refractivity contribution is 7.78. The van der Waals surface area contributed by atoms with E-state index >= 15 is 0 Å². The number of terminal acetylenes is 1. The minimum Gasteiger partial charge on any atom is -0.779 e. The van der Waals surface area contributed by atoms with Crippen molar-refractivity contribution in [1.82, 2.24) is 14.3 Å². The maximum absolute atomic E-state index is 10.6. The fourth-order valence-electron chi connectivity index (χ4n) is 5.46. The van der Waals surface area contributed by atoms with Gasteiger partial charge in [0.25, 0.3) is 8.53 Å². The molecule has 0 aliphatic heterocycles. The Kier molecular flexibility index (Phi) is 44.6. The molecule has 4 heterocycles. The molecule has 4 aromatic heterocycles. The topological polar surface area (TPSA) is 198 Å². The highest BCUT2D eigenvalue weighted by Crippen LogP contribution is 2.49. The predicted octanol–water partition coefficient (Wildman–Crippen LogP) is 12.0. The van der Waals surface area contributed by atoms with E-state index in [0.29, 0.717) is 69.9 Å². The number of halogens is 1. The first-order valence-corrected chi connectivity index (χ1v) is 28.5. The zero-order valence-corrected chi connectivity index (χ0v) is 46.4. The van der Waals surface area contributed by atoms with E-state index in [1.165, 1.54) is 12.0 Å². The third-order valence-electron chi connectivity index (χ3n) is 8.44. The molecule has 396 valence electrons. The van der Waals surface area contributed by atoms with Crippen molar-refractivity contribution < 1.29 is 55.4 Å². The molecule has 0 aromatic carbocycles. The van der Waals surface area contributed by atoms with E-state index in [4.69, 9.17) is 67.8 Å². The SMILES string of the molecule is C#CCCCO.CP(=O)([O-])OCCCc1ccoc1.Cc1cocn1.OCCCc1ccoc1.[C-]#[N+]CCOP(Cl)N(C(C)C)C(C)C.[C-]#[N+]CCOP(OCCCc1ccoc1)N(C(C)C)C(C)C. The van der Waals surface area contributed by atoms with Crippen LogP contribution in [0.5, 0.6) is 0 Å². The van der Waals surface area contributed by atoms with Gasteiger partial charge in [0, 0.05) is 50.5 Å². The Morgan fingerprint density at radius 1 is 0.729 bits per heavy atom. The normalized spacial score (nSPS) is 12.4. The van der Waals surface area contributed by atoms with Crippen LogP contribution >= 0.6 is 35.0 Å². The first-order valence-electron chi connectivity index (χ1n) is 23.2. The molecule has 0 radical (unpaired) electrons. The Balaban J connectivity index is 0. The number of hydrogen-bond acceptors (Lipinski definition) is 15. The van der Waals surface area contributed by atoms with Crippen molar-refractivity contribution in [3.8, 4) is 12.3 Å². The Labute approximate surface area is 426 Å². The average molecular weight is 1060 g/mol. The first kappa shape index (κ1) is 68.7. The molecule has 0 saturated heterocycles. The van der Waals surface area contributed by atoms with Gasteiger partial charge in [-0.3, -0.25) is 0 Å². The smallest absolute Gasteiger partial charge is 0.259 e. The molecular weight excluding hydrogens is 979 g/mol. The molecule has 3 atom stereocenters. The summed E-state index contributed by atoms with van der Waals surface area (Å²) in [6.45, 7) is 36.3. The van der Waals surface area contributed by atoms with Gasteiger partial charge in [-0.05, 0) is 153 Å². The van der Waals surface area contributed by atoms with Gasteiger partial charge < -0.3 is 65.1 Å². The van der Waals surface area contributed by atoms with E-state index < -0.39 is 23.8 Å². The van der Waals surface area contributed by atoms with Crippen LogP contribution in [-0.2, 0) is 41.9 Å². The zero-order valence-electron chi connectivity index (χ0n) is 43.0. The van der Waals surface area contributed by atoms with Crippen molar-refractivity contribution in [3.63, 3.8) is 0 Å². The van der Waals surface area contributed by atoms with Crippen LogP contribution in [0.15, 0.2) is 86.1 Å². The molecule has 4 aromatic rings. The van der Waals surface area contributed by atoms with Crippen LogP contribution in [0.1, 0.15) is 110 Å². The van der Waals surface area contributed by atoms with Crippen molar-refractivity contribution in [3.05, 3.63) is 114 Å². The van der Waals surface area contributed by atoms with Crippen LogP contribution in [0.3, 0.4) is 0 Å². The van der Waals surface area contributed by atoms with Gasteiger partial charge in [0.15, 0.2) is 6.39 Å². The van der Waals surface area contributed by atoms with Crippen LogP contribution in [0, 0.1) is 32.4 Å². The highest BCUT2D eigenvalue weighted by Gasteiger charge is 2.27. The number of furan rings is 3. The Morgan fingerprint density at radius 2 is 1.17 bits per heavy atom. The van der Waals surface area contributed by atoms with E-state index in [1.54, 1.807) is 43.8 Å². The lowest BCUT2D eigenvalue weighted by atomic mass is 10.2. The summed E-state index contributed by atoms with van der Waals surface area (Å²) >= 11 is 6.14. The number of aromatic nitrogens is 1. The van der Waals surface area contributed by atoms with Gasteiger partial charge in [-0.15, -0.1) is 12.3 Å². The van der Waals surface area contributed by atoms with Gasteiger partial charge in [-0.2, -0.15) is 0 Å². The Hall–Kier alpha value is -3.39. The van der Waals surface area contributed by atoms with Gasteiger partial charge >= 0.3 is 0 Å². The van der Waals surface area contributed by atoms with Crippen molar-refractivity contribution in [2.75, 3.05) is 59.4 Å². The van der Waals surface area contributed by atoms with Gasteiger partial charge in [0.05, 0.1) is 56.5 Å². The summed E-state index contributed by atoms with van der Waals surface area (Å²) in [5, 5.41) is 16.5. The summed E-state index contributed by atoms with van der Waals surface area (Å²) in [6, 6.07) is 7.15. The Bertz CT molecular complexity index is 1860. The molecule has 0 aliphatic rings. The van der Waals surface area contributed by atoms with Crippen LogP contribution in [0.2, 0.25) is 0 Å².